The summed E-state index contributed by atoms with van der Waals surface area (Å²) in [7, 11) is 0. The fraction of sp³-hybridized carbons (Fsp3) is 0.500. The largest absolute Gasteiger partial charge is 0.369 e. The van der Waals surface area contributed by atoms with Crippen LogP contribution in [0.25, 0.3) is 0 Å². The van der Waals surface area contributed by atoms with Gasteiger partial charge in [-0.25, -0.2) is 4.39 Å². The smallest absolute Gasteiger partial charge is 0.146 e. The van der Waals surface area contributed by atoms with E-state index in [0.29, 0.717) is 12.1 Å². The van der Waals surface area contributed by atoms with Crippen molar-refractivity contribution in [1.82, 2.24) is 0 Å². The van der Waals surface area contributed by atoms with E-state index in [1.807, 2.05) is 17.9 Å². The Morgan fingerprint density at radius 3 is 2.65 bits per heavy atom. The molecule has 3 heteroatoms. The Bertz CT molecular complexity index is 432. The van der Waals surface area contributed by atoms with Crippen LogP contribution in [0, 0.1) is 22.6 Å². The van der Waals surface area contributed by atoms with Crippen molar-refractivity contribution in [3.8, 4) is 6.07 Å². The van der Waals surface area contributed by atoms with E-state index in [4.69, 9.17) is 5.26 Å². The number of nitrogens with zero attached hydrogens (tertiary/aromatic N) is 2. The number of anilines is 1. The summed E-state index contributed by atoms with van der Waals surface area (Å²) in [4.78, 5) is 2.04. The maximum absolute atomic E-state index is 13.7. The molecule has 1 saturated carbocycles. The molecule has 0 bridgehead atoms. The van der Waals surface area contributed by atoms with Gasteiger partial charge in [0.2, 0.25) is 0 Å². The molecule has 0 aromatic heterocycles. The SMILES string of the molecule is CCN(CC1(CC#N)CC1)c1ccccc1F. The highest BCUT2D eigenvalue weighted by atomic mass is 19.1. The maximum Gasteiger partial charge on any atom is 0.146 e. The Kier molecular flexibility index (Phi) is 3.33. The Morgan fingerprint density at radius 1 is 1.41 bits per heavy atom. The summed E-state index contributed by atoms with van der Waals surface area (Å²) in [5, 5.41) is 8.81. The summed E-state index contributed by atoms with van der Waals surface area (Å²) in [6, 6.07) is 9.10. The van der Waals surface area contributed by atoms with Crippen molar-refractivity contribution in [1.29, 1.82) is 5.26 Å². The van der Waals surface area contributed by atoms with Crippen LogP contribution in [0.3, 0.4) is 0 Å². The van der Waals surface area contributed by atoms with Gasteiger partial charge in [-0.3, -0.25) is 0 Å². The standard InChI is InChI=1S/C14H17FN2/c1-2-17(11-14(7-8-14)9-10-16)13-6-4-3-5-12(13)15/h3-6H,2,7-9,11H2,1H3. The number of nitriles is 1. The molecule has 90 valence electrons. The van der Waals surface area contributed by atoms with Gasteiger partial charge in [-0.2, -0.15) is 5.26 Å². The topological polar surface area (TPSA) is 27.0 Å². The van der Waals surface area contributed by atoms with Gasteiger partial charge in [-0.15, -0.1) is 0 Å². The third-order valence-electron chi connectivity index (χ3n) is 3.51. The number of rotatable bonds is 5. The van der Waals surface area contributed by atoms with Crippen LogP contribution >= 0.6 is 0 Å². The van der Waals surface area contributed by atoms with Crippen LogP contribution in [-0.2, 0) is 0 Å². The molecule has 2 nitrogen and oxygen atoms in total. The molecule has 0 radical (unpaired) electrons. The van der Waals surface area contributed by atoms with Crippen LogP contribution in [-0.4, -0.2) is 13.1 Å². The first-order chi connectivity index (χ1) is 8.21. The number of halogens is 1. The summed E-state index contributed by atoms with van der Waals surface area (Å²) < 4.78 is 13.7. The lowest BCUT2D eigenvalue weighted by Crippen LogP contribution is -2.30. The van der Waals surface area contributed by atoms with Crippen molar-refractivity contribution < 1.29 is 4.39 Å². The highest BCUT2D eigenvalue weighted by Crippen LogP contribution is 2.49. The highest BCUT2D eigenvalue weighted by Gasteiger charge is 2.43. The van der Waals surface area contributed by atoms with Gasteiger partial charge in [0.15, 0.2) is 0 Å². The second-order valence-electron chi connectivity index (χ2n) is 4.80. The lowest BCUT2D eigenvalue weighted by Gasteiger charge is -2.27. The molecule has 0 atom stereocenters. The van der Waals surface area contributed by atoms with Crippen LogP contribution in [0.2, 0.25) is 0 Å². The summed E-state index contributed by atoms with van der Waals surface area (Å²) in [6.45, 7) is 3.58. The Balaban J connectivity index is 2.13. The summed E-state index contributed by atoms with van der Waals surface area (Å²) in [5.41, 5.74) is 0.770. The predicted octanol–water partition coefficient (Wildman–Crippen LogP) is 3.35. The minimum atomic E-state index is -0.179. The van der Waals surface area contributed by atoms with E-state index in [1.54, 1.807) is 12.1 Å². The predicted molar refractivity (Wildman–Crippen MR) is 66.2 cm³/mol. The molecule has 1 aromatic carbocycles. The second kappa shape index (κ2) is 4.75. The zero-order chi connectivity index (χ0) is 12.3. The van der Waals surface area contributed by atoms with Gasteiger partial charge in [0, 0.05) is 24.9 Å². The lowest BCUT2D eigenvalue weighted by molar-refractivity contribution is 0.506. The first-order valence-corrected chi connectivity index (χ1v) is 6.07. The quantitative estimate of drug-likeness (QED) is 0.778. The van der Waals surface area contributed by atoms with E-state index in [1.165, 1.54) is 6.07 Å². The van der Waals surface area contributed by atoms with Crippen molar-refractivity contribution in [3.63, 3.8) is 0 Å². The van der Waals surface area contributed by atoms with Crippen molar-refractivity contribution >= 4 is 5.69 Å². The molecule has 0 saturated heterocycles. The molecule has 17 heavy (non-hydrogen) atoms. The minimum Gasteiger partial charge on any atom is -0.369 e. The van der Waals surface area contributed by atoms with Gasteiger partial charge in [-0.1, -0.05) is 12.1 Å². The Morgan fingerprint density at radius 2 is 2.12 bits per heavy atom. The van der Waals surface area contributed by atoms with E-state index in [9.17, 15) is 4.39 Å². The van der Waals surface area contributed by atoms with Crippen molar-refractivity contribution in [2.24, 2.45) is 5.41 Å². The first-order valence-electron chi connectivity index (χ1n) is 6.07. The number of hydrogen-bond acceptors (Lipinski definition) is 2. The van der Waals surface area contributed by atoms with Crippen molar-refractivity contribution in [2.45, 2.75) is 26.2 Å². The van der Waals surface area contributed by atoms with Crippen LogP contribution in [0.15, 0.2) is 24.3 Å². The molecule has 0 heterocycles. The van der Waals surface area contributed by atoms with Crippen molar-refractivity contribution in [2.75, 3.05) is 18.0 Å². The summed E-state index contributed by atoms with van der Waals surface area (Å²) in [6.07, 6.45) is 2.76. The molecule has 1 fully saturated rings. The molecule has 1 aliphatic rings. The summed E-state index contributed by atoms with van der Waals surface area (Å²) >= 11 is 0. The van der Waals surface area contributed by atoms with Crippen LogP contribution in [0.1, 0.15) is 26.2 Å². The third kappa shape index (κ3) is 2.58. The number of hydrogen-bond donors (Lipinski definition) is 0. The first kappa shape index (κ1) is 11.9. The van der Waals surface area contributed by atoms with Gasteiger partial charge in [-0.05, 0) is 31.9 Å². The van der Waals surface area contributed by atoms with E-state index in [2.05, 4.69) is 6.07 Å². The molecule has 1 aromatic rings. The van der Waals surface area contributed by atoms with Gasteiger partial charge >= 0.3 is 0 Å². The van der Waals surface area contributed by atoms with E-state index >= 15 is 0 Å². The van der Waals surface area contributed by atoms with Gasteiger partial charge in [0.1, 0.15) is 5.82 Å². The minimum absolute atomic E-state index is 0.118. The zero-order valence-corrected chi connectivity index (χ0v) is 10.1. The zero-order valence-electron chi connectivity index (χ0n) is 10.1. The Hall–Kier alpha value is -1.56. The second-order valence-corrected chi connectivity index (χ2v) is 4.80. The Labute approximate surface area is 102 Å². The lowest BCUT2D eigenvalue weighted by atomic mass is 10.0. The highest BCUT2D eigenvalue weighted by molar-refractivity contribution is 5.48. The van der Waals surface area contributed by atoms with Crippen molar-refractivity contribution in [3.05, 3.63) is 30.1 Å². The van der Waals surface area contributed by atoms with Gasteiger partial charge < -0.3 is 4.90 Å². The molecule has 0 N–H and O–H groups in total. The normalized spacial score (nSPS) is 16.3. The molecule has 1 aliphatic carbocycles. The molecule has 0 aliphatic heterocycles. The molecule has 2 rings (SSSR count). The summed E-state index contributed by atoms with van der Waals surface area (Å²) in [5.74, 6) is -0.179. The third-order valence-corrected chi connectivity index (χ3v) is 3.51. The average molecular weight is 232 g/mol. The maximum atomic E-state index is 13.7. The van der Waals surface area contributed by atoms with Crippen LogP contribution in [0.5, 0.6) is 0 Å². The number of para-hydroxylation sites is 1. The van der Waals surface area contributed by atoms with Crippen LogP contribution in [0.4, 0.5) is 10.1 Å². The van der Waals surface area contributed by atoms with Gasteiger partial charge in [0.05, 0.1) is 11.8 Å². The molecule has 0 spiro atoms. The number of benzene rings is 1. The van der Waals surface area contributed by atoms with E-state index in [-0.39, 0.29) is 11.2 Å². The molecule has 0 amide bonds. The van der Waals surface area contributed by atoms with Crippen LogP contribution < -0.4 is 4.90 Å². The molecular weight excluding hydrogens is 215 g/mol. The van der Waals surface area contributed by atoms with Gasteiger partial charge in [0.25, 0.3) is 0 Å². The van der Waals surface area contributed by atoms with E-state index in [0.717, 1.165) is 25.9 Å². The fourth-order valence-corrected chi connectivity index (χ4v) is 2.22. The fourth-order valence-electron chi connectivity index (χ4n) is 2.22. The molecule has 0 unspecified atom stereocenters. The molecular formula is C14H17FN2. The monoisotopic (exact) mass is 232 g/mol. The van der Waals surface area contributed by atoms with E-state index < -0.39 is 0 Å². The average Bonchev–Trinajstić information content (AvgIpc) is 3.08.